The monoisotopic (exact) mass is 374 g/mol. The van der Waals surface area contributed by atoms with E-state index in [0.717, 1.165) is 24.3 Å². The Morgan fingerprint density at radius 1 is 0.840 bits per heavy atom. The summed E-state index contributed by atoms with van der Waals surface area (Å²) in [5.41, 5.74) is -0.818. The minimum absolute atomic E-state index is 0.0350. The van der Waals surface area contributed by atoms with E-state index in [2.05, 4.69) is 11.8 Å². The van der Waals surface area contributed by atoms with E-state index in [9.17, 15) is 26.3 Å². The molecule has 0 amide bonds. The molecule has 0 saturated heterocycles. The Kier molecular flexibility index (Phi) is 5.48. The molecule has 0 nitrogen and oxygen atoms in total. The van der Waals surface area contributed by atoms with Crippen molar-refractivity contribution in [3.8, 4) is 11.8 Å². The average Bonchev–Trinajstić information content (AvgIpc) is 2.51. The molecule has 0 saturated carbocycles. The second kappa shape index (κ2) is 7.24. The molecule has 0 aromatic heterocycles. The van der Waals surface area contributed by atoms with E-state index in [1.54, 1.807) is 0 Å². The summed E-state index contributed by atoms with van der Waals surface area (Å²) in [6, 6.07) is 9.43. The van der Waals surface area contributed by atoms with E-state index in [1.165, 1.54) is 24.3 Å². The maximum atomic E-state index is 12.7. The zero-order valence-electron chi connectivity index (χ0n) is 12.3. The lowest BCUT2D eigenvalue weighted by atomic mass is 10.0. The molecule has 130 valence electrons. The van der Waals surface area contributed by atoms with Gasteiger partial charge in [-0.2, -0.15) is 26.3 Å². The van der Waals surface area contributed by atoms with Gasteiger partial charge in [-0.05, 0) is 42.0 Å². The number of halogens is 7. The van der Waals surface area contributed by atoms with Crippen LogP contribution in [-0.2, 0) is 6.18 Å². The molecule has 0 unspecified atom stereocenters. The van der Waals surface area contributed by atoms with Crippen LogP contribution in [0.2, 0.25) is 5.02 Å². The lowest BCUT2D eigenvalue weighted by molar-refractivity contribution is -0.137. The van der Waals surface area contributed by atoms with Crippen LogP contribution < -0.4 is 0 Å². The van der Waals surface area contributed by atoms with Crippen molar-refractivity contribution in [3.05, 3.63) is 76.3 Å². The molecule has 0 N–H and O–H groups in total. The van der Waals surface area contributed by atoms with Crippen LogP contribution in [0.15, 0.2) is 54.6 Å². The Bertz CT molecular complexity index is 816. The highest BCUT2D eigenvalue weighted by atomic mass is 35.5. The molecule has 25 heavy (non-hydrogen) atoms. The zero-order chi connectivity index (χ0) is 18.7. The first-order valence-electron chi connectivity index (χ1n) is 6.79. The Morgan fingerprint density at radius 2 is 1.40 bits per heavy atom. The number of hydrogen-bond acceptors (Lipinski definition) is 0. The summed E-state index contributed by atoms with van der Waals surface area (Å²) in [6.07, 6.45) is -9.05. The fraction of sp³-hybridized carbons (Fsp3) is 0.111. The molecule has 0 aliphatic rings. The number of benzene rings is 2. The standard InChI is InChI=1S/C18H9ClF6/c19-16-9-5-13(6-10-16)14(11-17(20,21)22)4-1-12-2-7-15(8-3-12)18(23,24)25/h2-3,5-11H/b14-11-. The number of alkyl halides is 6. The Hall–Kier alpha value is -2.39. The van der Waals surface area contributed by atoms with Crippen LogP contribution in [0.3, 0.4) is 0 Å². The van der Waals surface area contributed by atoms with Gasteiger partial charge in [0.2, 0.25) is 0 Å². The highest BCUT2D eigenvalue weighted by Gasteiger charge is 2.29. The fourth-order valence-corrected chi connectivity index (χ4v) is 1.99. The third-order valence-corrected chi connectivity index (χ3v) is 3.27. The van der Waals surface area contributed by atoms with Gasteiger partial charge < -0.3 is 0 Å². The Labute approximate surface area is 144 Å². The van der Waals surface area contributed by atoms with Gasteiger partial charge >= 0.3 is 12.4 Å². The predicted octanol–water partition coefficient (Wildman–Crippen LogP) is 6.36. The summed E-state index contributed by atoms with van der Waals surface area (Å²) < 4.78 is 75.5. The highest BCUT2D eigenvalue weighted by Crippen LogP contribution is 2.29. The molecular weight excluding hydrogens is 366 g/mol. The quantitative estimate of drug-likeness (QED) is 0.402. The molecule has 2 rings (SSSR count). The van der Waals surface area contributed by atoms with Gasteiger partial charge in [-0.25, -0.2) is 0 Å². The van der Waals surface area contributed by atoms with Gasteiger partial charge in [0.05, 0.1) is 5.56 Å². The summed E-state index contributed by atoms with van der Waals surface area (Å²) in [6.45, 7) is 0. The SMILES string of the molecule is FC(F)(F)/C=C(/C#Cc1ccc(C(F)(F)F)cc1)c1ccc(Cl)cc1. The van der Waals surface area contributed by atoms with Crippen molar-refractivity contribution in [2.24, 2.45) is 0 Å². The average molecular weight is 375 g/mol. The van der Waals surface area contributed by atoms with E-state index in [1.807, 2.05) is 0 Å². The van der Waals surface area contributed by atoms with Crippen molar-refractivity contribution in [2.75, 3.05) is 0 Å². The minimum Gasteiger partial charge on any atom is -0.167 e. The van der Waals surface area contributed by atoms with Crippen LogP contribution in [0.1, 0.15) is 16.7 Å². The van der Waals surface area contributed by atoms with Crippen molar-refractivity contribution in [2.45, 2.75) is 12.4 Å². The van der Waals surface area contributed by atoms with E-state index in [4.69, 9.17) is 11.6 Å². The first kappa shape index (κ1) is 18.9. The van der Waals surface area contributed by atoms with Gasteiger partial charge in [0, 0.05) is 22.2 Å². The first-order chi connectivity index (χ1) is 11.5. The lowest BCUT2D eigenvalue weighted by Gasteiger charge is -2.06. The molecule has 0 spiro atoms. The number of hydrogen-bond donors (Lipinski definition) is 0. The molecule has 0 atom stereocenters. The second-order valence-electron chi connectivity index (χ2n) is 4.93. The predicted molar refractivity (Wildman–Crippen MR) is 83.8 cm³/mol. The molecule has 0 heterocycles. The minimum atomic E-state index is -4.59. The van der Waals surface area contributed by atoms with Crippen LogP contribution in [0.4, 0.5) is 26.3 Å². The van der Waals surface area contributed by atoms with Crippen molar-refractivity contribution >= 4 is 17.2 Å². The van der Waals surface area contributed by atoms with E-state index in [-0.39, 0.29) is 22.8 Å². The summed E-state index contributed by atoms with van der Waals surface area (Å²) in [5.74, 6) is 4.79. The van der Waals surface area contributed by atoms with Crippen molar-refractivity contribution < 1.29 is 26.3 Å². The first-order valence-corrected chi connectivity index (χ1v) is 7.17. The molecule has 0 aliphatic heterocycles. The van der Waals surface area contributed by atoms with Gasteiger partial charge in [0.25, 0.3) is 0 Å². The molecule has 7 heteroatoms. The van der Waals surface area contributed by atoms with Crippen molar-refractivity contribution in [1.29, 1.82) is 0 Å². The molecule has 2 aromatic carbocycles. The smallest absolute Gasteiger partial charge is 0.167 e. The number of rotatable bonds is 1. The van der Waals surface area contributed by atoms with E-state index < -0.39 is 17.9 Å². The molecule has 0 fully saturated rings. The van der Waals surface area contributed by atoms with Crippen molar-refractivity contribution in [1.82, 2.24) is 0 Å². The highest BCUT2D eigenvalue weighted by molar-refractivity contribution is 6.30. The van der Waals surface area contributed by atoms with Crippen LogP contribution in [0, 0.1) is 11.8 Å². The molecule has 0 aliphatic carbocycles. The summed E-state index contributed by atoms with van der Waals surface area (Å²) >= 11 is 5.70. The third-order valence-electron chi connectivity index (χ3n) is 3.02. The van der Waals surface area contributed by atoms with Gasteiger partial charge in [0.1, 0.15) is 0 Å². The lowest BCUT2D eigenvalue weighted by Crippen LogP contribution is -2.04. The molecule has 0 bridgehead atoms. The van der Waals surface area contributed by atoms with Gasteiger partial charge in [0.15, 0.2) is 0 Å². The Morgan fingerprint density at radius 3 is 1.88 bits per heavy atom. The zero-order valence-corrected chi connectivity index (χ0v) is 13.1. The van der Waals surface area contributed by atoms with Gasteiger partial charge in [-0.1, -0.05) is 35.6 Å². The molecule has 0 radical (unpaired) electrons. The van der Waals surface area contributed by atoms with Gasteiger partial charge in [-0.15, -0.1) is 0 Å². The molecular formula is C18H9ClF6. The summed E-state index contributed by atoms with van der Waals surface area (Å²) in [4.78, 5) is 0. The van der Waals surface area contributed by atoms with Crippen molar-refractivity contribution in [3.63, 3.8) is 0 Å². The molecule has 2 aromatic rings. The summed E-state index contributed by atoms with van der Waals surface area (Å²) in [7, 11) is 0. The van der Waals surface area contributed by atoms with Crippen LogP contribution in [0.5, 0.6) is 0 Å². The topological polar surface area (TPSA) is 0 Å². The number of allylic oxidation sites excluding steroid dienone is 2. The third kappa shape index (κ3) is 5.87. The Balaban J connectivity index is 2.37. The van der Waals surface area contributed by atoms with Gasteiger partial charge in [-0.3, -0.25) is 0 Å². The maximum Gasteiger partial charge on any atom is 0.416 e. The van der Waals surface area contributed by atoms with Crippen LogP contribution in [-0.4, -0.2) is 6.18 Å². The second-order valence-corrected chi connectivity index (χ2v) is 5.37. The van der Waals surface area contributed by atoms with Crippen LogP contribution >= 0.6 is 11.6 Å². The van der Waals surface area contributed by atoms with Crippen LogP contribution in [0.25, 0.3) is 5.57 Å². The fourth-order valence-electron chi connectivity index (χ4n) is 1.87. The summed E-state index contributed by atoms with van der Waals surface area (Å²) in [5, 5.41) is 0.353. The van der Waals surface area contributed by atoms with E-state index in [0.29, 0.717) is 5.02 Å². The maximum absolute atomic E-state index is 12.7. The normalized spacial score (nSPS) is 12.5. The van der Waals surface area contributed by atoms with E-state index >= 15 is 0 Å². The largest absolute Gasteiger partial charge is 0.416 e.